The lowest BCUT2D eigenvalue weighted by Gasteiger charge is -2.19. The van der Waals surface area contributed by atoms with E-state index in [1.807, 2.05) is 0 Å². The molecule has 0 aliphatic rings. The summed E-state index contributed by atoms with van der Waals surface area (Å²) >= 11 is 0. The van der Waals surface area contributed by atoms with Gasteiger partial charge < -0.3 is 31.4 Å². The van der Waals surface area contributed by atoms with Crippen LogP contribution in [0, 0.1) is 0 Å². The number of hydrogen-bond acceptors (Lipinski definition) is 7. The van der Waals surface area contributed by atoms with Gasteiger partial charge in [-0.25, -0.2) is 0 Å². The molecule has 6 N–H and O–H groups in total. The first kappa shape index (κ1) is 23.2. The van der Waals surface area contributed by atoms with Crippen molar-refractivity contribution in [1.29, 1.82) is 0 Å². The van der Waals surface area contributed by atoms with Crippen LogP contribution in [0.15, 0.2) is 47.6 Å². The van der Waals surface area contributed by atoms with Crippen LogP contribution >= 0.6 is 0 Å². The third-order valence-electron chi connectivity index (χ3n) is 4.32. The van der Waals surface area contributed by atoms with Crippen molar-refractivity contribution in [2.45, 2.75) is 25.3 Å². The molecule has 164 valence electrons. The molecule has 0 aromatic heterocycles. The largest absolute Gasteiger partial charge is 0.507 e. The number of carbonyl (C=O) groups excluding carboxylic acids is 2. The molecule has 31 heavy (non-hydrogen) atoms. The summed E-state index contributed by atoms with van der Waals surface area (Å²) < 4.78 is 5.00. The summed E-state index contributed by atoms with van der Waals surface area (Å²) in [6.45, 7) is 0. The predicted molar refractivity (Wildman–Crippen MR) is 114 cm³/mol. The van der Waals surface area contributed by atoms with E-state index in [1.165, 1.54) is 25.5 Å². The normalized spacial score (nSPS) is 11.6. The fraction of sp³-hybridized carbons (Fsp3) is 0.238. The van der Waals surface area contributed by atoms with Gasteiger partial charge in [0.05, 0.1) is 25.8 Å². The van der Waals surface area contributed by atoms with Crippen molar-refractivity contribution in [3.63, 3.8) is 0 Å². The minimum absolute atomic E-state index is 0.105. The van der Waals surface area contributed by atoms with Crippen LogP contribution in [0.25, 0.3) is 0 Å². The van der Waals surface area contributed by atoms with Crippen LogP contribution in [0.3, 0.4) is 0 Å². The smallest absolute Gasteiger partial charge is 0.305 e. The van der Waals surface area contributed by atoms with Crippen LogP contribution in [-0.2, 0) is 14.4 Å². The van der Waals surface area contributed by atoms with Gasteiger partial charge in [0, 0.05) is 30.2 Å². The first-order valence-electron chi connectivity index (χ1n) is 9.33. The molecule has 10 heteroatoms. The number of amides is 2. The van der Waals surface area contributed by atoms with Crippen LogP contribution < -0.4 is 21.2 Å². The number of carboxylic acid groups (broad SMARTS) is 1. The third kappa shape index (κ3) is 7.35. The Kier molecular flexibility index (Phi) is 8.38. The highest BCUT2D eigenvalue weighted by Gasteiger charge is 2.21. The second-order valence-corrected chi connectivity index (χ2v) is 6.59. The Morgan fingerprint density at radius 1 is 1.13 bits per heavy atom. The number of nitrogens with one attached hydrogen (secondary N) is 2. The quantitative estimate of drug-likeness (QED) is 0.218. The van der Waals surface area contributed by atoms with Crippen molar-refractivity contribution in [2.24, 2.45) is 10.9 Å². The van der Waals surface area contributed by atoms with E-state index in [0.717, 1.165) is 5.56 Å². The molecule has 0 fully saturated rings. The van der Waals surface area contributed by atoms with Gasteiger partial charge in [-0.3, -0.25) is 14.4 Å². The van der Waals surface area contributed by atoms with Gasteiger partial charge in [0.15, 0.2) is 0 Å². The summed E-state index contributed by atoms with van der Waals surface area (Å²) in [6.07, 6.45) is 0.767. The molecule has 1 atom stereocenters. The Bertz CT molecular complexity index is 959. The molecule has 0 saturated carbocycles. The molecule has 0 radical (unpaired) electrons. The zero-order valence-electron chi connectivity index (χ0n) is 16.9. The number of rotatable bonds is 10. The Hall–Kier alpha value is -4.08. The molecule has 0 spiro atoms. The molecule has 2 aromatic rings. The second kappa shape index (κ2) is 11.2. The van der Waals surface area contributed by atoms with Crippen LogP contribution in [-0.4, -0.2) is 41.3 Å². The third-order valence-corrected chi connectivity index (χ3v) is 4.32. The highest BCUT2D eigenvalue weighted by molar-refractivity contribution is 5.93. The molecular weight excluding hydrogens is 404 g/mol. The lowest BCUT2D eigenvalue weighted by molar-refractivity contribution is -0.138. The molecule has 2 aromatic carbocycles. The van der Waals surface area contributed by atoms with Crippen molar-refractivity contribution >= 4 is 29.7 Å². The number of ether oxygens (including phenoxy) is 1. The second-order valence-electron chi connectivity index (χ2n) is 6.59. The number of carbonyl (C=O) groups is 3. The summed E-state index contributed by atoms with van der Waals surface area (Å²) in [5.41, 5.74) is 1.56. The maximum absolute atomic E-state index is 12.3. The number of benzene rings is 2. The molecule has 1 unspecified atom stereocenters. The zero-order chi connectivity index (χ0) is 22.8. The fourth-order valence-electron chi connectivity index (χ4n) is 2.81. The molecule has 0 aliphatic heterocycles. The summed E-state index contributed by atoms with van der Waals surface area (Å²) in [4.78, 5) is 35.6. The standard InChI is InChI=1S/C21H24N4O6/c1-31-15-6-7-16(18(26)10-15)17(11-21(29)30)25-20(28)9-8-19(27)24-14-4-2-13(3-5-14)12-23-22/h2-7,10,12,17,26H,8-9,11,22H2,1H3,(H,24,27)(H,25,28)(H,29,30). The number of aromatic hydroxyl groups is 1. The van der Waals surface area contributed by atoms with Crippen molar-refractivity contribution in [3.8, 4) is 11.5 Å². The minimum atomic E-state index is -1.15. The van der Waals surface area contributed by atoms with Gasteiger partial charge in [0.1, 0.15) is 11.5 Å². The van der Waals surface area contributed by atoms with Crippen LogP contribution in [0.4, 0.5) is 5.69 Å². The molecule has 0 bridgehead atoms. The maximum Gasteiger partial charge on any atom is 0.305 e. The number of nitrogens with zero attached hydrogens (tertiary/aromatic N) is 1. The summed E-state index contributed by atoms with van der Waals surface area (Å²) in [7, 11) is 1.43. The van der Waals surface area contributed by atoms with E-state index in [-0.39, 0.29) is 30.1 Å². The first-order valence-corrected chi connectivity index (χ1v) is 9.33. The maximum atomic E-state index is 12.3. The van der Waals surface area contributed by atoms with Gasteiger partial charge >= 0.3 is 5.97 Å². The number of anilines is 1. The first-order chi connectivity index (χ1) is 14.8. The number of carboxylic acids is 1. The zero-order valence-corrected chi connectivity index (χ0v) is 16.9. The highest BCUT2D eigenvalue weighted by atomic mass is 16.5. The lowest BCUT2D eigenvalue weighted by atomic mass is 10.0. The van der Waals surface area contributed by atoms with Crippen LogP contribution in [0.2, 0.25) is 0 Å². The van der Waals surface area contributed by atoms with Gasteiger partial charge in [-0.2, -0.15) is 5.10 Å². The van der Waals surface area contributed by atoms with E-state index in [9.17, 15) is 19.5 Å². The number of methoxy groups -OCH3 is 1. The monoisotopic (exact) mass is 428 g/mol. The van der Waals surface area contributed by atoms with Crippen molar-refractivity contribution in [2.75, 3.05) is 12.4 Å². The molecular formula is C21H24N4O6. The number of hydrogen-bond donors (Lipinski definition) is 5. The summed E-state index contributed by atoms with van der Waals surface area (Å²) in [5.74, 6) is 3.21. The highest BCUT2D eigenvalue weighted by Crippen LogP contribution is 2.30. The van der Waals surface area contributed by atoms with Crippen molar-refractivity contribution in [3.05, 3.63) is 53.6 Å². The Morgan fingerprint density at radius 3 is 2.39 bits per heavy atom. The topological polar surface area (TPSA) is 163 Å². The van der Waals surface area contributed by atoms with Gasteiger partial charge in [-0.05, 0) is 29.8 Å². The molecule has 10 nitrogen and oxygen atoms in total. The van der Waals surface area contributed by atoms with Crippen molar-refractivity contribution in [1.82, 2.24) is 5.32 Å². The Morgan fingerprint density at radius 2 is 1.81 bits per heavy atom. The van der Waals surface area contributed by atoms with E-state index in [2.05, 4.69) is 15.7 Å². The SMILES string of the molecule is COc1ccc(C(CC(=O)O)NC(=O)CCC(=O)Nc2ccc(C=NN)cc2)c(O)c1. The van der Waals surface area contributed by atoms with Gasteiger partial charge in [-0.1, -0.05) is 12.1 Å². The van der Waals surface area contributed by atoms with Crippen molar-refractivity contribution < 1.29 is 29.3 Å². The predicted octanol–water partition coefficient (Wildman–Crippen LogP) is 1.74. The number of phenolic OH excluding ortho intramolecular Hbond substituents is 1. The van der Waals surface area contributed by atoms with E-state index in [0.29, 0.717) is 11.4 Å². The average Bonchev–Trinajstić information content (AvgIpc) is 2.73. The van der Waals surface area contributed by atoms with E-state index in [1.54, 1.807) is 30.3 Å². The average molecular weight is 428 g/mol. The number of phenols is 1. The van der Waals surface area contributed by atoms with Crippen LogP contribution in [0.1, 0.15) is 36.4 Å². The fourth-order valence-corrected chi connectivity index (χ4v) is 2.81. The van der Waals surface area contributed by atoms with Gasteiger partial charge in [0.25, 0.3) is 0 Å². The van der Waals surface area contributed by atoms with Gasteiger partial charge in [-0.15, -0.1) is 0 Å². The molecule has 0 heterocycles. The van der Waals surface area contributed by atoms with E-state index < -0.39 is 24.3 Å². The Labute approximate surface area is 178 Å². The molecule has 2 rings (SSSR count). The minimum Gasteiger partial charge on any atom is -0.507 e. The number of aliphatic carboxylic acids is 1. The van der Waals surface area contributed by atoms with E-state index in [4.69, 9.17) is 15.7 Å². The summed E-state index contributed by atoms with van der Waals surface area (Å²) in [5, 5.41) is 27.9. The van der Waals surface area contributed by atoms with Crippen LogP contribution in [0.5, 0.6) is 11.5 Å². The summed E-state index contributed by atoms with van der Waals surface area (Å²) in [6, 6.07) is 10.2. The Balaban J connectivity index is 1.94. The number of nitrogens with two attached hydrogens (primary N) is 1. The van der Waals surface area contributed by atoms with E-state index >= 15 is 0 Å². The molecule has 0 aliphatic carbocycles. The lowest BCUT2D eigenvalue weighted by Crippen LogP contribution is -2.31. The molecule has 2 amide bonds. The molecule has 0 saturated heterocycles. The van der Waals surface area contributed by atoms with Gasteiger partial charge in [0.2, 0.25) is 11.8 Å². The number of hydrazone groups is 1.